The quantitative estimate of drug-likeness (QED) is 0.0694. The van der Waals surface area contributed by atoms with Crippen LogP contribution in [0, 0.1) is 0 Å². The Bertz CT molecular complexity index is 4140. The van der Waals surface area contributed by atoms with Gasteiger partial charge < -0.3 is 39.0 Å². The van der Waals surface area contributed by atoms with Crippen molar-refractivity contribution in [2.75, 3.05) is 10.6 Å². The predicted octanol–water partition coefficient (Wildman–Crippen LogP) is 9.35. The fraction of sp³-hybridized carbons (Fsp3) is 0.115. The van der Waals surface area contributed by atoms with Crippen LogP contribution in [0.5, 0.6) is 0 Å². The Balaban J connectivity index is 0.000000146. The highest BCUT2D eigenvalue weighted by atomic mass is 79.9. The van der Waals surface area contributed by atoms with Crippen LogP contribution in [-0.4, -0.2) is 77.2 Å². The first-order valence-electron chi connectivity index (χ1n) is 22.8. The molecular weight excluding hydrogens is 1080 g/mol. The Morgan fingerprint density at radius 1 is 0.579 bits per heavy atom. The monoisotopic (exact) mass is 1130 g/mol. The van der Waals surface area contributed by atoms with Gasteiger partial charge in [0.05, 0.1) is 56.1 Å². The second kappa shape index (κ2) is 20.6. The summed E-state index contributed by atoms with van der Waals surface area (Å²) in [4.78, 5) is 39.3. The number of carbonyl (C=O) groups is 2. The van der Waals surface area contributed by atoms with Gasteiger partial charge in [-0.15, -0.1) is 0 Å². The summed E-state index contributed by atoms with van der Waals surface area (Å²) in [5.74, 6) is -2.30. The molecule has 1 saturated heterocycles. The number of aromatic nitrogens is 4. The lowest BCUT2D eigenvalue weighted by Gasteiger charge is -2.32. The van der Waals surface area contributed by atoms with E-state index >= 15 is 0 Å². The molecule has 386 valence electrons. The van der Waals surface area contributed by atoms with E-state index in [0.717, 1.165) is 40.1 Å². The number of nitrogens with two attached hydrogens (primary N) is 2. The summed E-state index contributed by atoms with van der Waals surface area (Å²) in [6, 6.07) is 34.2. The van der Waals surface area contributed by atoms with Gasteiger partial charge in [0.1, 0.15) is 20.8 Å². The van der Waals surface area contributed by atoms with Crippen molar-refractivity contribution in [3.63, 3.8) is 0 Å². The molecule has 6 aromatic carbocycles. The number of rotatable bonds is 10. The average Bonchev–Trinajstić information content (AvgIpc) is 4.12. The third kappa shape index (κ3) is 10.7. The standard InChI is InChI=1S/C23H16N4O5S.C16H12BrN3O4S.C13H16BNO3/c24-33(30,31)20-11-25-17-9-8-13(14-5-3-7-19-22(14)32-12-26-19)10-16(17)21(20)27-18-6-2-1-4-15(18)23(28)29;17-9-5-6-12-11(7-9)15(14(8-19-12)25(18,23)24)20-13-4-2-1-3-10(13)16(21)22;1-12(2)13(3,4)18-14(17-12)9-6-5-7-10-11(9)16-8-15-10/h1-12H,(H,25,27)(H,28,29)(H2,24,30,31);1-8H,(H,19,20)(H,21,22)(H2,18,23,24);5-8H,1-4H3. The first kappa shape index (κ1) is 52.8. The van der Waals surface area contributed by atoms with Crippen molar-refractivity contribution in [1.29, 1.82) is 0 Å². The number of oxazole rings is 2. The molecule has 24 heteroatoms. The third-order valence-corrected chi connectivity index (χ3v) is 15.0. The summed E-state index contributed by atoms with van der Waals surface area (Å²) < 4.78 is 72.4. The highest BCUT2D eigenvalue weighted by molar-refractivity contribution is 9.10. The molecule has 0 amide bonds. The van der Waals surface area contributed by atoms with Crippen molar-refractivity contribution < 1.29 is 54.8 Å². The summed E-state index contributed by atoms with van der Waals surface area (Å²) in [6.45, 7) is 8.14. The van der Waals surface area contributed by atoms with Gasteiger partial charge in [0.25, 0.3) is 0 Å². The summed E-state index contributed by atoms with van der Waals surface area (Å²) >= 11 is 3.33. The smallest absolute Gasteiger partial charge is 0.478 e. The zero-order chi connectivity index (χ0) is 54.3. The normalized spacial score (nSPS) is 14.0. The maximum absolute atomic E-state index is 12.4. The molecule has 0 radical (unpaired) electrons. The topological polar surface area (TPSA) is 315 Å². The molecule has 0 atom stereocenters. The minimum absolute atomic E-state index is 0.00262. The number of sulfonamides is 2. The lowest BCUT2D eigenvalue weighted by atomic mass is 9.78. The lowest BCUT2D eigenvalue weighted by Crippen LogP contribution is -2.41. The van der Waals surface area contributed by atoms with Crippen molar-refractivity contribution >= 4 is 127 Å². The van der Waals surface area contributed by atoms with Crippen molar-refractivity contribution in [2.24, 2.45) is 10.3 Å². The summed E-state index contributed by atoms with van der Waals surface area (Å²) in [7, 11) is -8.67. The molecule has 1 fully saturated rings. The van der Waals surface area contributed by atoms with E-state index < -0.39 is 39.1 Å². The van der Waals surface area contributed by atoms with Gasteiger partial charge in [-0.1, -0.05) is 70.5 Å². The molecular formula is C52H44BBrN8O12S2. The number of pyridine rings is 2. The lowest BCUT2D eigenvalue weighted by molar-refractivity contribution is 0.00578. The van der Waals surface area contributed by atoms with Gasteiger partial charge in [0, 0.05) is 38.7 Å². The molecule has 0 unspecified atom stereocenters. The molecule has 10 aromatic rings. The van der Waals surface area contributed by atoms with Crippen LogP contribution >= 0.6 is 15.9 Å². The maximum atomic E-state index is 12.4. The number of fused-ring (bicyclic) bond motifs is 4. The molecule has 20 nitrogen and oxygen atoms in total. The fourth-order valence-electron chi connectivity index (χ4n) is 8.18. The first-order valence-corrected chi connectivity index (χ1v) is 26.6. The van der Waals surface area contributed by atoms with Gasteiger partial charge >= 0.3 is 19.1 Å². The molecule has 76 heavy (non-hydrogen) atoms. The number of halogens is 1. The number of primary sulfonamides is 2. The number of carboxylic acid groups (broad SMARTS) is 2. The predicted molar refractivity (Wildman–Crippen MR) is 290 cm³/mol. The average molecular weight is 1130 g/mol. The second-order valence-corrected chi connectivity index (χ2v) is 22.0. The van der Waals surface area contributed by atoms with Gasteiger partial charge in [0.2, 0.25) is 20.0 Å². The molecule has 1 aliphatic rings. The van der Waals surface area contributed by atoms with Crippen LogP contribution in [0.15, 0.2) is 170 Å². The van der Waals surface area contributed by atoms with E-state index in [9.17, 15) is 36.6 Å². The highest BCUT2D eigenvalue weighted by Gasteiger charge is 2.52. The van der Waals surface area contributed by atoms with E-state index in [1.807, 2.05) is 70.2 Å². The van der Waals surface area contributed by atoms with Crippen molar-refractivity contribution in [3.05, 3.63) is 162 Å². The van der Waals surface area contributed by atoms with E-state index in [1.54, 1.807) is 66.7 Å². The number of para-hydroxylation sites is 4. The van der Waals surface area contributed by atoms with Crippen LogP contribution in [0.25, 0.3) is 55.1 Å². The van der Waals surface area contributed by atoms with Crippen LogP contribution in [0.1, 0.15) is 48.4 Å². The number of benzene rings is 6. The SMILES string of the molecule is CC1(C)OB(c2cccc3ncoc23)OC1(C)C.NS(=O)(=O)c1cnc2ccc(-c3cccc4ncoc34)cc2c1Nc1ccccc1C(=O)O.NS(=O)(=O)c1cnc2ccc(Br)cc2c1Nc1ccccc1C(=O)O. The molecule has 8 N–H and O–H groups in total. The Kier molecular flexibility index (Phi) is 14.3. The third-order valence-electron chi connectivity index (χ3n) is 12.6. The van der Waals surface area contributed by atoms with Gasteiger partial charge in [-0.05, 0) is 100.0 Å². The van der Waals surface area contributed by atoms with Crippen LogP contribution in [0.4, 0.5) is 22.7 Å². The molecule has 0 spiro atoms. The minimum Gasteiger partial charge on any atom is -0.478 e. The van der Waals surface area contributed by atoms with Crippen LogP contribution in [0.2, 0.25) is 0 Å². The number of hydrogen-bond donors (Lipinski definition) is 6. The molecule has 11 rings (SSSR count). The summed E-state index contributed by atoms with van der Waals surface area (Å²) in [5.41, 5.74) is 6.25. The first-order chi connectivity index (χ1) is 36.0. The maximum Gasteiger partial charge on any atom is 0.498 e. The highest BCUT2D eigenvalue weighted by Crippen LogP contribution is 2.39. The molecule has 4 aromatic heterocycles. The zero-order valence-corrected chi connectivity index (χ0v) is 43.8. The van der Waals surface area contributed by atoms with E-state index in [1.165, 1.54) is 24.9 Å². The molecule has 1 aliphatic heterocycles. The summed E-state index contributed by atoms with van der Waals surface area (Å²) in [6.07, 6.45) is 5.10. The number of nitrogens with zero attached hydrogens (tertiary/aromatic N) is 4. The number of anilines is 4. The van der Waals surface area contributed by atoms with E-state index in [2.05, 4.69) is 46.5 Å². The Hall–Kier alpha value is -8.10. The minimum atomic E-state index is -4.18. The molecule has 5 heterocycles. The Morgan fingerprint density at radius 2 is 1.05 bits per heavy atom. The van der Waals surface area contributed by atoms with E-state index in [0.29, 0.717) is 37.4 Å². The van der Waals surface area contributed by atoms with Gasteiger partial charge in [-0.3, -0.25) is 9.97 Å². The Labute approximate surface area is 442 Å². The number of aromatic carboxylic acids is 2. The van der Waals surface area contributed by atoms with Crippen molar-refractivity contribution in [2.45, 2.75) is 48.7 Å². The van der Waals surface area contributed by atoms with E-state index in [4.69, 9.17) is 28.4 Å². The molecule has 0 bridgehead atoms. The number of carboxylic acids is 2. The largest absolute Gasteiger partial charge is 0.498 e. The van der Waals surface area contributed by atoms with Crippen LogP contribution in [0.3, 0.4) is 0 Å². The van der Waals surface area contributed by atoms with Crippen LogP contribution < -0.4 is 26.4 Å². The van der Waals surface area contributed by atoms with Gasteiger partial charge in [-0.2, -0.15) is 0 Å². The van der Waals surface area contributed by atoms with E-state index in [-0.39, 0.29) is 54.9 Å². The molecule has 0 aliphatic carbocycles. The molecule has 0 saturated carbocycles. The second-order valence-electron chi connectivity index (χ2n) is 18.1. The number of hydrogen-bond acceptors (Lipinski definition) is 16. The van der Waals surface area contributed by atoms with Gasteiger partial charge in [0.15, 0.2) is 24.0 Å². The van der Waals surface area contributed by atoms with Crippen molar-refractivity contribution in [3.8, 4) is 11.1 Å². The van der Waals surface area contributed by atoms with Crippen molar-refractivity contribution in [1.82, 2.24) is 19.9 Å². The fourth-order valence-corrected chi connectivity index (χ4v) is 9.83. The van der Waals surface area contributed by atoms with Crippen LogP contribution in [-0.2, 0) is 29.4 Å². The van der Waals surface area contributed by atoms with Gasteiger partial charge in [-0.25, -0.2) is 46.7 Å². The zero-order valence-electron chi connectivity index (χ0n) is 40.5. The summed E-state index contributed by atoms with van der Waals surface area (Å²) in [5, 5.41) is 36.4. The Morgan fingerprint density at radius 3 is 1.58 bits per heavy atom. The number of nitrogens with one attached hydrogen (secondary N) is 2.